The Morgan fingerprint density at radius 1 is 0.973 bits per heavy atom. The number of aliphatic hydroxyl groups is 1. The number of anilines is 1. The minimum absolute atomic E-state index is 0.0420. The smallest absolute Gasteiger partial charge is 0.409 e. The largest absolute Gasteiger partial charge is 0.508 e. The molecule has 4 atom stereocenters. The number of para-hydroxylation sites is 1. The van der Waals surface area contributed by atoms with Gasteiger partial charge >= 0.3 is 17.8 Å². The Balaban J connectivity index is 0.770. The summed E-state index contributed by atoms with van der Waals surface area (Å²) in [6.07, 6.45) is 7.14. The molecule has 6 aromatic rings. The maximum absolute atomic E-state index is 17.2. The summed E-state index contributed by atoms with van der Waals surface area (Å²) in [5, 5.41) is 25.5. The number of aromatic hydroxyl groups is 1. The van der Waals surface area contributed by atoms with E-state index in [4.69, 9.17) is 19.2 Å². The van der Waals surface area contributed by atoms with Crippen LogP contribution in [0.1, 0.15) is 89.7 Å². The molecule has 5 saturated heterocycles. The van der Waals surface area contributed by atoms with Crippen LogP contribution < -0.4 is 25.4 Å². The van der Waals surface area contributed by atoms with Gasteiger partial charge in [-0.25, -0.2) is 18.4 Å². The van der Waals surface area contributed by atoms with E-state index in [9.17, 15) is 29.4 Å². The number of halogens is 2. The number of rotatable bonds is 11. The molecule has 384 valence electrons. The van der Waals surface area contributed by atoms with Crippen molar-refractivity contribution in [1.29, 1.82) is 0 Å². The van der Waals surface area contributed by atoms with Crippen LogP contribution in [0.2, 0.25) is 0 Å². The molecule has 73 heavy (non-hydrogen) atoms. The molecular formula is C53H59F2N9O9. The fourth-order valence-electron chi connectivity index (χ4n) is 12.3. The molecule has 5 aliphatic rings. The van der Waals surface area contributed by atoms with Gasteiger partial charge in [-0.2, -0.15) is 9.97 Å². The monoisotopic (exact) mass is 1000 g/mol. The van der Waals surface area contributed by atoms with Crippen LogP contribution in [0.4, 0.5) is 19.4 Å². The first-order valence-corrected chi connectivity index (χ1v) is 25.4. The molecule has 3 N–H and O–H groups in total. The van der Waals surface area contributed by atoms with Crippen LogP contribution in [-0.2, 0) is 27.8 Å². The van der Waals surface area contributed by atoms with Gasteiger partial charge in [-0.3, -0.25) is 33.9 Å². The maximum Gasteiger partial charge on any atom is 0.409 e. The molecule has 11 rings (SSSR count). The molecule has 0 saturated carbocycles. The Hall–Kier alpha value is -6.93. The number of likely N-dealkylation sites (tertiary alicyclic amines) is 1. The van der Waals surface area contributed by atoms with Crippen LogP contribution in [0.25, 0.3) is 44.0 Å². The van der Waals surface area contributed by atoms with Gasteiger partial charge in [-0.1, -0.05) is 19.1 Å². The number of phenols is 1. The maximum atomic E-state index is 17.2. The number of hydrogen-bond acceptors (Lipinski definition) is 14. The number of imide groups is 1. The molecule has 0 aliphatic carbocycles. The van der Waals surface area contributed by atoms with Gasteiger partial charge in [0.05, 0.1) is 22.0 Å². The van der Waals surface area contributed by atoms with Crippen LogP contribution >= 0.6 is 0 Å². The number of β-amino-alcohol motifs (C(OH)–C–C–N with tert-alkyl or cyclic N) is 1. The van der Waals surface area contributed by atoms with E-state index in [-0.39, 0.29) is 84.9 Å². The van der Waals surface area contributed by atoms with Crippen LogP contribution in [0, 0.1) is 11.6 Å². The lowest BCUT2D eigenvalue weighted by Gasteiger charge is -2.38. The average Bonchev–Trinajstić information content (AvgIpc) is 4.02. The number of piperidine rings is 3. The highest BCUT2D eigenvalue weighted by atomic mass is 19.1. The van der Waals surface area contributed by atoms with Crippen molar-refractivity contribution in [2.45, 2.75) is 114 Å². The molecular weight excluding hydrogens is 945 g/mol. The highest BCUT2D eigenvalue weighted by Gasteiger charge is 2.50. The molecule has 0 spiro atoms. The molecule has 5 fully saturated rings. The number of aromatic nitrogens is 5. The van der Waals surface area contributed by atoms with E-state index < -0.39 is 40.8 Å². The Labute approximate surface area is 418 Å². The molecule has 1 unspecified atom stereocenters. The predicted molar refractivity (Wildman–Crippen MR) is 266 cm³/mol. The number of pyridine rings is 1. The molecule has 18 nitrogen and oxygen atoms in total. The summed E-state index contributed by atoms with van der Waals surface area (Å²) in [7, 11) is 1.63. The Bertz CT molecular complexity index is 3260. The van der Waals surface area contributed by atoms with E-state index in [0.717, 1.165) is 32.2 Å². The molecule has 3 aromatic carbocycles. The average molecular weight is 1000 g/mol. The van der Waals surface area contributed by atoms with Gasteiger partial charge in [0.1, 0.15) is 65.2 Å². The summed E-state index contributed by atoms with van der Waals surface area (Å²) in [6, 6.07) is 10.2. The molecule has 3 aromatic heterocycles. The van der Waals surface area contributed by atoms with Crippen molar-refractivity contribution in [3.8, 4) is 28.8 Å². The third-order valence-corrected chi connectivity index (χ3v) is 15.9. The third-order valence-electron chi connectivity index (χ3n) is 15.9. The number of carbonyl (C=O) groups excluding carboxylic acids is 3. The third kappa shape index (κ3) is 8.74. The molecule has 5 aliphatic heterocycles. The van der Waals surface area contributed by atoms with E-state index >= 15 is 8.78 Å². The Morgan fingerprint density at radius 2 is 1.78 bits per heavy atom. The molecule has 20 heteroatoms. The molecule has 0 radical (unpaired) electrons. The van der Waals surface area contributed by atoms with Crippen LogP contribution in [0.5, 0.6) is 17.5 Å². The Kier molecular flexibility index (Phi) is 12.5. The summed E-state index contributed by atoms with van der Waals surface area (Å²) >= 11 is 0. The lowest BCUT2D eigenvalue weighted by atomic mass is 9.94. The number of nitrogens with zero attached hydrogens (tertiary/aromatic N) is 8. The van der Waals surface area contributed by atoms with Gasteiger partial charge in [0.2, 0.25) is 11.8 Å². The quantitative estimate of drug-likeness (QED) is 0.120. The number of nitrogens with one attached hydrogen (secondary N) is 1. The van der Waals surface area contributed by atoms with Crippen molar-refractivity contribution in [2.75, 3.05) is 50.8 Å². The summed E-state index contributed by atoms with van der Waals surface area (Å²) in [4.78, 5) is 71.6. The highest BCUT2D eigenvalue weighted by molar-refractivity contribution is 6.02. The van der Waals surface area contributed by atoms with Crippen molar-refractivity contribution < 1.29 is 47.6 Å². The van der Waals surface area contributed by atoms with E-state index in [2.05, 4.69) is 20.2 Å². The first-order chi connectivity index (χ1) is 35.1. The van der Waals surface area contributed by atoms with E-state index in [0.29, 0.717) is 96.1 Å². The highest BCUT2D eigenvalue weighted by Crippen LogP contribution is 2.44. The topological polar surface area (TPSA) is 207 Å². The van der Waals surface area contributed by atoms with E-state index in [1.807, 2.05) is 11.8 Å². The number of fused-ring (bicyclic) bond motifs is 4. The minimum Gasteiger partial charge on any atom is -0.508 e. The summed E-state index contributed by atoms with van der Waals surface area (Å²) in [5.41, 5.74) is -0.278. The number of amides is 3. The van der Waals surface area contributed by atoms with Crippen molar-refractivity contribution in [2.24, 2.45) is 7.05 Å². The standard InChI is InChI=1S/C53H59F2N9O9/c1-4-34-37(54)11-10-30-24-32(65)25-35(42(30)34)44-43(55)45-36(26-56-44)47(62-20-6-17-52(2,70)28-62)59-49(58-45)72-29-53-18-7-21-63(53)31(14-19-53)27-71-51(69)61-22-15-33(16-23-61)73-40-9-5-8-38-46(40)60(3)50(68)64(38)39-12-13-41(66)57-48(39)67/h5,8-11,24-26,31,33,39,65,70H,4,6-7,12-23,27-29H2,1-3H3,(H,57,66,67)/t31-,39?,52-,53+/m1/s1. The predicted octanol–water partition coefficient (Wildman–Crippen LogP) is 6.43. The summed E-state index contributed by atoms with van der Waals surface area (Å²) < 4.78 is 54.3. The van der Waals surface area contributed by atoms with Gasteiger partial charge in [0, 0.05) is 70.3 Å². The molecule has 0 bridgehead atoms. The number of aryl methyl sites for hydroxylation is 2. The van der Waals surface area contributed by atoms with Gasteiger partial charge in [0.25, 0.3) is 0 Å². The SMILES string of the molecule is CCc1c(F)ccc2cc(O)cc(-c3ncc4c(N5CCC[C@@](C)(O)C5)nc(OC[C@@]56CCCN5[C@@H](COC(=O)N5CCC(Oc7cccc8c7n(C)c(=O)n8C7CCC(=O)NC7=O)CC5)CC6)nc4c3F)c12. The fraction of sp³-hybridized carbons (Fsp3) is 0.491. The molecule has 8 heterocycles. The number of imidazole rings is 1. The number of benzene rings is 3. The van der Waals surface area contributed by atoms with E-state index in [1.54, 1.807) is 43.1 Å². The Morgan fingerprint density at radius 3 is 2.56 bits per heavy atom. The normalized spacial score (nSPS) is 23.9. The van der Waals surface area contributed by atoms with Crippen LogP contribution in [0.3, 0.4) is 0 Å². The minimum atomic E-state index is -1.02. The lowest BCUT2D eigenvalue weighted by molar-refractivity contribution is -0.135. The van der Waals surface area contributed by atoms with Crippen molar-refractivity contribution >= 4 is 56.4 Å². The van der Waals surface area contributed by atoms with Crippen molar-refractivity contribution in [3.63, 3.8) is 0 Å². The van der Waals surface area contributed by atoms with E-state index in [1.165, 1.54) is 33.5 Å². The number of carbonyl (C=O) groups is 3. The van der Waals surface area contributed by atoms with Gasteiger partial charge in [-0.05, 0) is 112 Å². The summed E-state index contributed by atoms with van der Waals surface area (Å²) in [5.74, 6) is -1.35. The van der Waals surface area contributed by atoms with Crippen LogP contribution in [0.15, 0.2) is 53.5 Å². The second-order valence-corrected chi connectivity index (χ2v) is 20.7. The van der Waals surface area contributed by atoms with Gasteiger partial charge in [0.15, 0.2) is 5.82 Å². The zero-order valence-electron chi connectivity index (χ0n) is 41.2. The zero-order valence-corrected chi connectivity index (χ0v) is 41.2. The van der Waals surface area contributed by atoms with Gasteiger partial charge < -0.3 is 34.2 Å². The zero-order chi connectivity index (χ0) is 50.9. The number of ether oxygens (including phenoxy) is 3. The van der Waals surface area contributed by atoms with Gasteiger partial charge in [-0.15, -0.1) is 0 Å². The second kappa shape index (κ2) is 18.8. The first-order valence-electron chi connectivity index (χ1n) is 25.4. The van der Waals surface area contributed by atoms with Crippen molar-refractivity contribution in [1.82, 2.24) is 39.2 Å². The second-order valence-electron chi connectivity index (χ2n) is 20.7. The van der Waals surface area contributed by atoms with Crippen molar-refractivity contribution in [3.05, 3.63) is 76.3 Å². The first kappa shape index (κ1) is 48.3. The van der Waals surface area contributed by atoms with Crippen LogP contribution in [-0.4, -0.2) is 131 Å². The molecule has 3 amide bonds. The fourth-order valence-corrected chi connectivity index (χ4v) is 12.3. The number of hydrogen-bond donors (Lipinski definition) is 3. The lowest BCUT2D eigenvalue weighted by Crippen LogP contribution is -2.49. The summed E-state index contributed by atoms with van der Waals surface area (Å²) in [6.45, 7) is 6.36. The number of phenolic OH excluding ortho intramolecular Hbond substituents is 1.